The van der Waals surface area contributed by atoms with Gasteiger partial charge in [0.15, 0.2) is 5.96 Å². The summed E-state index contributed by atoms with van der Waals surface area (Å²) in [5, 5.41) is 3.12. The standard InChI is InChI=1S/C17H22N4.HI/c1-13-6-7-15(14(2)11-13)12-21-17(18)20-10-8-16-5-3-4-9-19-16;/h3-7,9,11H,8,10,12H2,1-2H3,(H3,18,20,21);1H. The van der Waals surface area contributed by atoms with E-state index in [9.17, 15) is 0 Å². The molecular formula is C17H23IN4. The highest BCUT2D eigenvalue weighted by Gasteiger charge is 1.99. The van der Waals surface area contributed by atoms with Gasteiger partial charge in [0.05, 0.1) is 6.54 Å². The molecule has 0 amide bonds. The number of pyridine rings is 1. The van der Waals surface area contributed by atoms with Gasteiger partial charge < -0.3 is 11.1 Å². The van der Waals surface area contributed by atoms with Crippen molar-refractivity contribution in [1.29, 1.82) is 0 Å². The summed E-state index contributed by atoms with van der Waals surface area (Å²) in [6.45, 7) is 5.53. The van der Waals surface area contributed by atoms with Crippen LogP contribution in [0.3, 0.4) is 0 Å². The zero-order chi connectivity index (χ0) is 15.1. The number of nitrogens with zero attached hydrogens (tertiary/aromatic N) is 2. The smallest absolute Gasteiger partial charge is 0.188 e. The Labute approximate surface area is 149 Å². The molecule has 0 radical (unpaired) electrons. The number of hydrogen-bond donors (Lipinski definition) is 2. The molecule has 0 aliphatic heterocycles. The number of nitrogens with two attached hydrogens (primary N) is 1. The van der Waals surface area contributed by atoms with Crippen molar-refractivity contribution in [2.24, 2.45) is 10.7 Å². The Hall–Kier alpha value is -1.63. The van der Waals surface area contributed by atoms with E-state index in [0.29, 0.717) is 12.5 Å². The maximum absolute atomic E-state index is 5.88. The van der Waals surface area contributed by atoms with Crippen LogP contribution in [0.2, 0.25) is 0 Å². The van der Waals surface area contributed by atoms with Crippen LogP contribution in [-0.4, -0.2) is 17.5 Å². The summed E-state index contributed by atoms with van der Waals surface area (Å²) >= 11 is 0. The van der Waals surface area contributed by atoms with Gasteiger partial charge in [-0.2, -0.15) is 0 Å². The lowest BCUT2D eigenvalue weighted by atomic mass is 10.1. The summed E-state index contributed by atoms with van der Waals surface area (Å²) in [6, 6.07) is 12.3. The predicted octanol–water partition coefficient (Wildman–Crippen LogP) is 2.96. The highest BCUT2D eigenvalue weighted by atomic mass is 127. The van der Waals surface area contributed by atoms with Crippen LogP contribution in [0.1, 0.15) is 22.4 Å². The number of nitrogens with one attached hydrogen (secondary N) is 1. The summed E-state index contributed by atoms with van der Waals surface area (Å²) in [5.41, 5.74) is 10.7. The Morgan fingerprint density at radius 2 is 2.05 bits per heavy atom. The first-order chi connectivity index (χ1) is 10.1. The van der Waals surface area contributed by atoms with Gasteiger partial charge in [-0.15, -0.1) is 24.0 Å². The highest BCUT2D eigenvalue weighted by molar-refractivity contribution is 14.0. The third kappa shape index (κ3) is 6.01. The quantitative estimate of drug-likeness (QED) is 0.453. The number of aliphatic imine (C=N–C) groups is 1. The minimum Gasteiger partial charge on any atom is -0.370 e. The average molecular weight is 410 g/mol. The van der Waals surface area contributed by atoms with Crippen LogP contribution in [0.25, 0.3) is 0 Å². The molecule has 118 valence electrons. The van der Waals surface area contributed by atoms with E-state index in [1.807, 2.05) is 18.2 Å². The molecule has 0 atom stereocenters. The molecule has 2 aromatic rings. The van der Waals surface area contributed by atoms with E-state index in [1.54, 1.807) is 6.20 Å². The Bertz CT molecular complexity index is 611. The van der Waals surface area contributed by atoms with Crippen LogP contribution >= 0.6 is 24.0 Å². The fourth-order valence-corrected chi connectivity index (χ4v) is 2.11. The summed E-state index contributed by atoms with van der Waals surface area (Å²) in [6.07, 6.45) is 2.63. The fourth-order valence-electron chi connectivity index (χ4n) is 2.11. The van der Waals surface area contributed by atoms with Gasteiger partial charge in [-0.05, 0) is 37.1 Å². The number of halogens is 1. The van der Waals surface area contributed by atoms with Crippen molar-refractivity contribution in [2.45, 2.75) is 26.8 Å². The second kappa shape index (κ2) is 9.40. The fraction of sp³-hybridized carbons (Fsp3) is 0.294. The maximum Gasteiger partial charge on any atom is 0.188 e. The van der Waals surface area contributed by atoms with Crippen molar-refractivity contribution in [2.75, 3.05) is 6.54 Å². The van der Waals surface area contributed by atoms with Crippen molar-refractivity contribution in [3.8, 4) is 0 Å². The molecule has 0 saturated carbocycles. The van der Waals surface area contributed by atoms with Crippen LogP contribution in [0, 0.1) is 13.8 Å². The molecule has 1 aromatic carbocycles. The molecule has 0 fully saturated rings. The molecule has 1 aromatic heterocycles. The molecule has 0 bridgehead atoms. The number of aromatic nitrogens is 1. The lowest BCUT2D eigenvalue weighted by Crippen LogP contribution is -2.33. The van der Waals surface area contributed by atoms with Gasteiger partial charge in [-0.3, -0.25) is 4.98 Å². The van der Waals surface area contributed by atoms with E-state index in [1.165, 1.54) is 16.7 Å². The third-order valence-electron chi connectivity index (χ3n) is 3.33. The summed E-state index contributed by atoms with van der Waals surface area (Å²) < 4.78 is 0. The molecule has 0 aliphatic rings. The number of hydrogen-bond acceptors (Lipinski definition) is 2. The van der Waals surface area contributed by atoms with Crippen LogP contribution in [-0.2, 0) is 13.0 Å². The molecule has 0 saturated heterocycles. The van der Waals surface area contributed by atoms with Crippen molar-refractivity contribution < 1.29 is 0 Å². The van der Waals surface area contributed by atoms with Gasteiger partial charge in [-0.1, -0.05) is 29.8 Å². The van der Waals surface area contributed by atoms with Crippen LogP contribution in [0.4, 0.5) is 0 Å². The van der Waals surface area contributed by atoms with Gasteiger partial charge in [0.25, 0.3) is 0 Å². The van der Waals surface area contributed by atoms with E-state index in [-0.39, 0.29) is 24.0 Å². The summed E-state index contributed by atoms with van der Waals surface area (Å²) in [4.78, 5) is 8.65. The first-order valence-corrected chi connectivity index (χ1v) is 7.15. The Morgan fingerprint density at radius 3 is 2.73 bits per heavy atom. The Balaban J connectivity index is 0.00000242. The Kier molecular flexibility index (Phi) is 7.87. The lowest BCUT2D eigenvalue weighted by molar-refractivity contribution is 0.827. The highest BCUT2D eigenvalue weighted by Crippen LogP contribution is 2.11. The minimum atomic E-state index is 0. The van der Waals surface area contributed by atoms with Crippen molar-refractivity contribution >= 4 is 29.9 Å². The third-order valence-corrected chi connectivity index (χ3v) is 3.33. The lowest BCUT2D eigenvalue weighted by Gasteiger charge is -2.07. The topological polar surface area (TPSA) is 63.3 Å². The molecular weight excluding hydrogens is 387 g/mol. The van der Waals surface area contributed by atoms with Crippen LogP contribution < -0.4 is 11.1 Å². The molecule has 22 heavy (non-hydrogen) atoms. The largest absolute Gasteiger partial charge is 0.370 e. The normalized spacial score (nSPS) is 10.9. The number of rotatable bonds is 5. The molecule has 3 N–H and O–H groups in total. The number of guanidine groups is 1. The van der Waals surface area contributed by atoms with Crippen LogP contribution in [0.5, 0.6) is 0 Å². The second-order valence-corrected chi connectivity index (χ2v) is 5.13. The molecule has 0 unspecified atom stereocenters. The molecule has 5 heteroatoms. The molecule has 0 aliphatic carbocycles. The van der Waals surface area contributed by atoms with Gasteiger partial charge in [0, 0.05) is 24.9 Å². The van der Waals surface area contributed by atoms with E-state index in [4.69, 9.17) is 5.73 Å². The number of aryl methyl sites for hydroxylation is 2. The van der Waals surface area contributed by atoms with Gasteiger partial charge >= 0.3 is 0 Å². The van der Waals surface area contributed by atoms with Crippen molar-refractivity contribution in [1.82, 2.24) is 10.3 Å². The van der Waals surface area contributed by atoms with Gasteiger partial charge in [-0.25, -0.2) is 4.99 Å². The first kappa shape index (κ1) is 18.4. The van der Waals surface area contributed by atoms with Crippen LogP contribution in [0.15, 0.2) is 47.6 Å². The average Bonchev–Trinajstić information content (AvgIpc) is 2.47. The zero-order valence-corrected chi connectivity index (χ0v) is 15.4. The molecule has 0 spiro atoms. The number of benzene rings is 1. The molecule has 4 nitrogen and oxygen atoms in total. The summed E-state index contributed by atoms with van der Waals surface area (Å²) in [5.74, 6) is 0.478. The molecule has 2 rings (SSSR count). The van der Waals surface area contributed by atoms with E-state index < -0.39 is 0 Å². The van der Waals surface area contributed by atoms with E-state index in [0.717, 1.165) is 18.7 Å². The predicted molar refractivity (Wildman–Crippen MR) is 103 cm³/mol. The molecule has 1 heterocycles. The van der Waals surface area contributed by atoms with Crippen molar-refractivity contribution in [3.63, 3.8) is 0 Å². The maximum atomic E-state index is 5.88. The minimum absolute atomic E-state index is 0. The zero-order valence-electron chi connectivity index (χ0n) is 13.0. The van der Waals surface area contributed by atoms with E-state index >= 15 is 0 Å². The summed E-state index contributed by atoms with van der Waals surface area (Å²) in [7, 11) is 0. The second-order valence-electron chi connectivity index (χ2n) is 5.13. The monoisotopic (exact) mass is 410 g/mol. The first-order valence-electron chi connectivity index (χ1n) is 7.15. The van der Waals surface area contributed by atoms with Gasteiger partial charge in [0.1, 0.15) is 0 Å². The van der Waals surface area contributed by atoms with E-state index in [2.05, 4.69) is 47.3 Å². The Morgan fingerprint density at radius 1 is 1.23 bits per heavy atom. The SMILES string of the molecule is Cc1ccc(CN=C(N)NCCc2ccccn2)c(C)c1.I. The van der Waals surface area contributed by atoms with Crippen molar-refractivity contribution in [3.05, 3.63) is 65.0 Å². The van der Waals surface area contributed by atoms with Gasteiger partial charge in [0.2, 0.25) is 0 Å².